The van der Waals surface area contributed by atoms with Crippen LogP contribution in [0.5, 0.6) is 0 Å². The van der Waals surface area contributed by atoms with E-state index in [9.17, 15) is 4.79 Å². The van der Waals surface area contributed by atoms with Crippen LogP contribution in [0.4, 0.5) is 11.5 Å². The van der Waals surface area contributed by atoms with Crippen molar-refractivity contribution < 1.29 is 4.79 Å². The van der Waals surface area contributed by atoms with E-state index < -0.39 is 5.91 Å². The van der Waals surface area contributed by atoms with Crippen molar-refractivity contribution in [2.24, 2.45) is 0 Å². The molecule has 132 valence electrons. The number of hydrogen-bond acceptors (Lipinski definition) is 4. The number of carbonyl (C=O) groups excluding carboxylic acids is 1. The van der Waals surface area contributed by atoms with Crippen LogP contribution in [0.2, 0.25) is 10.0 Å². The maximum absolute atomic E-state index is 12.3. The molecule has 2 aromatic carbocycles. The molecule has 0 aliphatic rings. The fraction of sp³-hybridized carbons (Fsp3) is 0.105. The summed E-state index contributed by atoms with van der Waals surface area (Å²) >= 11 is 12.0. The number of halogens is 2. The maximum atomic E-state index is 12.3. The Kier molecular flexibility index (Phi) is 6.04. The first kappa shape index (κ1) is 18.2. The zero-order chi connectivity index (χ0) is 18.4. The molecule has 0 bridgehead atoms. The number of benzene rings is 2. The normalized spacial score (nSPS) is 10.4. The van der Waals surface area contributed by atoms with E-state index in [0.29, 0.717) is 21.6 Å². The van der Waals surface area contributed by atoms with E-state index in [-0.39, 0.29) is 5.69 Å². The molecule has 0 fully saturated rings. The molecule has 26 heavy (non-hydrogen) atoms. The van der Waals surface area contributed by atoms with Crippen LogP contribution in [0.25, 0.3) is 0 Å². The standard InChI is InChI=1S/C19H16Cl2N4O/c20-14-6-7-15(21)16(10-14)25-19(26)17-11-24-18(12-23-17)22-9-8-13-4-2-1-3-5-13/h1-7,10-12H,8-9H2,(H,22,24)(H,25,26). The van der Waals surface area contributed by atoms with Crippen molar-refractivity contribution >= 4 is 40.6 Å². The van der Waals surface area contributed by atoms with Gasteiger partial charge in [-0.2, -0.15) is 0 Å². The van der Waals surface area contributed by atoms with Gasteiger partial charge in [-0.25, -0.2) is 9.97 Å². The Hall–Kier alpha value is -2.63. The summed E-state index contributed by atoms with van der Waals surface area (Å²) in [6, 6.07) is 15.0. The third-order valence-corrected chi connectivity index (χ3v) is 4.19. The molecular weight excluding hydrogens is 371 g/mol. The van der Waals surface area contributed by atoms with Crippen molar-refractivity contribution in [3.8, 4) is 0 Å². The van der Waals surface area contributed by atoms with Crippen LogP contribution in [-0.2, 0) is 6.42 Å². The van der Waals surface area contributed by atoms with Crippen LogP contribution in [0.1, 0.15) is 16.1 Å². The summed E-state index contributed by atoms with van der Waals surface area (Å²) in [5, 5.41) is 6.73. The minimum absolute atomic E-state index is 0.189. The molecule has 7 heteroatoms. The van der Waals surface area contributed by atoms with Crippen LogP contribution in [0.15, 0.2) is 60.9 Å². The summed E-state index contributed by atoms with van der Waals surface area (Å²) in [4.78, 5) is 20.6. The molecule has 3 rings (SSSR count). The molecule has 0 aliphatic carbocycles. The summed E-state index contributed by atoms with van der Waals surface area (Å²) in [5.41, 5.74) is 1.85. The first-order valence-corrected chi connectivity index (χ1v) is 8.73. The summed E-state index contributed by atoms with van der Waals surface area (Å²) in [6.45, 7) is 0.725. The largest absolute Gasteiger partial charge is 0.368 e. The molecule has 0 atom stereocenters. The molecule has 0 unspecified atom stereocenters. The van der Waals surface area contributed by atoms with E-state index in [0.717, 1.165) is 13.0 Å². The number of aromatic nitrogens is 2. The lowest BCUT2D eigenvalue weighted by atomic mass is 10.1. The predicted octanol–water partition coefficient (Wildman–Crippen LogP) is 4.69. The fourth-order valence-electron chi connectivity index (χ4n) is 2.30. The lowest BCUT2D eigenvalue weighted by Gasteiger charge is -2.08. The average Bonchev–Trinajstić information content (AvgIpc) is 2.66. The number of nitrogens with zero attached hydrogens (tertiary/aromatic N) is 2. The van der Waals surface area contributed by atoms with Gasteiger partial charge in [0.15, 0.2) is 0 Å². The molecule has 0 spiro atoms. The number of carbonyl (C=O) groups is 1. The molecule has 1 amide bonds. The molecule has 3 aromatic rings. The van der Waals surface area contributed by atoms with Crippen molar-refractivity contribution in [1.82, 2.24) is 9.97 Å². The Morgan fingerprint density at radius 1 is 1.00 bits per heavy atom. The first-order chi connectivity index (χ1) is 12.6. The quantitative estimate of drug-likeness (QED) is 0.644. The lowest BCUT2D eigenvalue weighted by Crippen LogP contribution is -2.15. The topological polar surface area (TPSA) is 66.9 Å². The Morgan fingerprint density at radius 3 is 2.54 bits per heavy atom. The molecule has 0 radical (unpaired) electrons. The van der Waals surface area contributed by atoms with Crippen LogP contribution in [0, 0.1) is 0 Å². The van der Waals surface area contributed by atoms with Crippen molar-refractivity contribution in [3.63, 3.8) is 0 Å². The molecule has 1 heterocycles. The zero-order valence-electron chi connectivity index (χ0n) is 13.7. The van der Waals surface area contributed by atoms with Gasteiger partial charge in [0.05, 0.1) is 23.1 Å². The molecule has 0 saturated carbocycles. The van der Waals surface area contributed by atoms with Gasteiger partial charge in [0, 0.05) is 11.6 Å². The summed E-state index contributed by atoms with van der Waals surface area (Å²) in [5.74, 6) is 0.204. The van der Waals surface area contributed by atoms with E-state index in [2.05, 4.69) is 32.7 Å². The third kappa shape index (κ3) is 4.94. The third-order valence-electron chi connectivity index (χ3n) is 3.62. The molecule has 0 saturated heterocycles. The zero-order valence-corrected chi connectivity index (χ0v) is 15.3. The van der Waals surface area contributed by atoms with Crippen molar-refractivity contribution in [3.05, 3.63) is 82.2 Å². The van der Waals surface area contributed by atoms with Gasteiger partial charge in [-0.15, -0.1) is 0 Å². The predicted molar refractivity (Wildman–Crippen MR) is 105 cm³/mol. The maximum Gasteiger partial charge on any atom is 0.275 e. The molecule has 0 aliphatic heterocycles. The van der Waals surface area contributed by atoms with E-state index in [4.69, 9.17) is 23.2 Å². The SMILES string of the molecule is O=C(Nc1cc(Cl)ccc1Cl)c1cnc(NCCc2ccccc2)cn1. The van der Waals surface area contributed by atoms with Gasteiger partial charge in [-0.05, 0) is 30.2 Å². The average molecular weight is 387 g/mol. The Morgan fingerprint density at radius 2 is 1.81 bits per heavy atom. The van der Waals surface area contributed by atoms with E-state index in [1.165, 1.54) is 18.0 Å². The van der Waals surface area contributed by atoms with Crippen LogP contribution in [-0.4, -0.2) is 22.4 Å². The second-order valence-electron chi connectivity index (χ2n) is 5.53. The number of amides is 1. The minimum Gasteiger partial charge on any atom is -0.368 e. The number of anilines is 2. The monoisotopic (exact) mass is 386 g/mol. The highest BCUT2D eigenvalue weighted by atomic mass is 35.5. The second-order valence-corrected chi connectivity index (χ2v) is 6.37. The van der Waals surface area contributed by atoms with Gasteiger partial charge in [0.2, 0.25) is 0 Å². The Balaban J connectivity index is 1.56. The summed E-state index contributed by atoms with van der Waals surface area (Å²) < 4.78 is 0. The van der Waals surface area contributed by atoms with Gasteiger partial charge in [-0.3, -0.25) is 4.79 Å². The fourth-order valence-corrected chi connectivity index (χ4v) is 2.63. The molecule has 1 aromatic heterocycles. The molecule has 2 N–H and O–H groups in total. The number of rotatable bonds is 6. The summed E-state index contributed by atoms with van der Waals surface area (Å²) in [6.07, 6.45) is 3.82. The minimum atomic E-state index is -0.405. The van der Waals surface area contributed by atoms with E-state index in [1.54, 1.807) is 18.2 Å². The Bertz CT molecular complexity index is 886. The van der Waals surface area contributed by atoms with Crippen molar-refractivity contribution in [1.29, 1.82) is 0 Å². The summed E-state index contributed by atoms with van der Waals surface area (Å²) in [7, 11) is 0. The van der Waals surface area contributed by atoms with Gasteiger partial charge >= 0.3 is 0 Å². The lowest BCUT2D eigenvalue weighted by molar-refractivity contribution is 0.102. The molecule has 5 nitrogen and oxygen atoms in total. The van der Waals surface area contributed by atoms with Gasteiger partial charge in [-0.1, -0.05) is 53.5 Å². The number of nitrogens with one attached hydrogen (secondary N) is 2. The highest BCUT2D eigenvalue weighted by Gasteiger charge is 2.11. The highest BCUT2D eigenvalue weighted by Crippen LogP contribution is 2.25. The van der Waals surface area contributed by atoms with E-state index >= 15 is 0 Å². The van der Waals surface area contributed by atoms with Crippen molar-refractivity contribution in [2.45, 2.75) is 6.42 Å². The molecular formula is C19H16Cl2N4O. The van der Waals surface area contributed by atoms with Gasteiger partial charge in [0.1, 0.15) is 11.5 Å². The second kappa shape index (κ2) is 8.65. The smallest absolute Gasteiger partial charge is 0.275 e. The van der Waals surface area contributed by atoms with Crippen LogP contribution < -0.4 is 10.6 Å². The van der Waals surface area contributed by atoms with Gasteiger partial charge < -0.3 is 10.6 Å². The Labute approximate surface area is 161 Å². The van der Waals surface area contributed by atoms with Crippen LogP contribution >= 0.6 is 23.2 Å². The van der Waals surface area contributed by atoms with E-state index in [1.807, 2.05) is 18.2 Å². The highest BCUT2D eigenvalue weighted by molar-refractivity contribution is 6.35. The number of hydrogen-bond donors (Lipinski definition) is 2. The first-order valence-electron chi connectivity index (χ1n) is 7.98. The van der Waals surface area contributed by atoms with Crippen molar-refractivity contribution in [2.75, 3.05) is 17.2 Å². The van der Waals surface area contributed by atoms with Crippen LogP contribution in [0.3, 0.4) is 0 Å². The van der Waals surface area contributed by atoms with Gasteiger partial charge in [0.25, 0.3) is 5.91 Å².